The van der Waals surface area contributed by atoms with Gasteiger partial charge in [0.05, 0.1) is 22.9 Å². The Bertz CT molecular complexity index is 1130. The van der Waals surface area contributed by atoms with E-state index in [1.807, 2.05) is 18.2 Å². The molecular weight excluding hydrogens is 344 g/mol. The van der Waals surface area contributed by atoms with Crippen molar-refractivity contribution in [2.75, 3.05) is 5.32 Å². The van der Waals surface area contributed by atoms with Crippen LogP contribution in [0.15, 0.2) is 72.3 Å². The lowest BCUT2D eigenvalue weighted by atomic mass is 10.2. The first-order valence-electron chi connectivity index (χ1n) is 8.40. The van der Waals surface area contributed by atoms with Crippen LogP contribution in [0.4, 0.5) is 5.69 Å². The molecule has 1 amide bonds. The van der Waals surface area contributed by atoms with Crippen molar-refractivity contribution >= 4 is 22.5 Å². The van der Waals surface area contributed by atoms with E-state index < -0.39 is 0 Å². The number of fused-ring (bicyclic) bond motifs is 1. The maximum Gasteiger partial charge on any atom is 0.261 e. The van der Waals surface area contributed by atoms with Crippen LogP contribution in [-0.2, 0) is 11.3 Å². The van der Waals surface area contributed by atoms with E-state index >= 15 is 0 Å². The third-order valence-electron chi connectivity index (χ3n) is 4.15. The van der Waals surface area contributed by atoms with Gasteiger partial charge in [-0.25, -0.2) is 14.6 Å². The number of carbonyl (C=O) groups is 1. The fourth-order valence-electron chi connectivity index (χ4n) is 2.75. The SMILES string of the molecule is O=C(CCn1cnc2ccccc2c1=O)Nc1ccc(-n2cncn2)cc1. The second-order valence-corrected chi connectivity index (χ2v) is 5.95. The summed E-state index contributed by atoms with van der Waals surface area (Å²) in [5, 5.41) is 7.42. The fourth-order valence-corrected chi connectivity index (χ4v) is 2.75. The number of benzene rings is 2. The van der Waals surface area contributed by atoms with Gasteiger partial charge in [0.1, 0.15) is 12.7 Å². The molecule has 0 fully saturated rings. The summed E-state index contributed by atoms with van der Waals surface area (Å²) in [6.07, 6.45) is 4.71. The lowest BCUT2D eigenvalue weighted by molar-refractivity contribution is -0.116. The number of amides is 1. The lowest BCUT2D eigenvalue weighted by Gasteiger charge is -2.08. The van der Waals surface area contributed by atoms with Gasteiger partial charge in [0.15, 0.2) is 0 Å². The molecule has 2 heterocycles. The van der Waals surface area contributed by atoms with Crippen LogP contribution in [0.25, 0.3) is 16.6 Å². The van der Waals surface area contributed by atoms with Gasteiger partial charge in [-0.05, 0) is 36.4 Å². The standard InChI is InChI=1S/C19H16N6O2/c26-18(23-14-5-7-15(8-6-14)25-12-20-11-22-25)9-10-24-13-21-17-4-2-1-3-16(17)19(24)27/h1-8,11-13H,9-10H2,(H,23,26). The summed E-state index contributed by atoms with van der Waals surface area (Å²) in [6.45, 7) is 0.263. The van der Waals surface area contributed by atoms with Crippen LogP contribution in [0.3, 0.4) is 0 Å². The molecule has 8 nitrogen and oxygen atoms in total. The maximum absolute atomic E-state index is 12.4. The molecule has 0 aliphatic rings. The van der Waals surface area contributed by atoms with Crippen LogP contribution in [0.5, 0.6) is 0 Å². The van der Waals surface area contributed by atoms with Gasteiger partial charge >= 0.3 is 0 Å². The molecule has 27 heavy (non-hydrogen) atoms. The molecule has 0 radical (unpaired) electrons. The van der Waals surface area contributed by atoms with Crippen LogP contribution < -0.4 is 10.9 Å². The topological polar surface area (TPSA) is 94.7 Å². The van der Waals surface area contributed by atoms with Crippen molar-refractivity contribution in [1.82, 2.24) is 24.3 Å². The molecule has 8 heteroatoms. The summed E-state index contributed by atoms with van der Waals surface area (Å²) in [6, 6.07) is 14.4. The molecular formula is C19H16N6O2. The highest BCUT2D eigenvalue weighted by atomic mass is 16.1. The van der Waals surface area contributed by atoms with Crippen LogP contribution in [0.1, 0.15) is 6.42 Å². The van der Waals surface area contributed by atoms with Gasteiger partial charge in [-0.3, -0.25) is 14.2 Å². The molecule has 2 aromatic carbocycles. The highest BCUT2D eigenvalue weighted by Crippen LogP contribution is 2.12. The predicted molar refractivity (Wildman–Crippen MR) is 101 cm³/mol. The number of nitrogens with zero attached hydrogens (tertiary/aromatic N) is 5. The molecule has 0 atom stereocenters. The number of hydrogen-bond acceptors (Lipinski definition) is 5. The fraction of sp³-hybridized carbons (Fsp3) is 0.105. The average molecular weight is 360 g/mol. The van der Waals surface area contributed by atoms with Gasteiger partial charge in [-0.2, -0.15) is 5.10 Å². The van der Waals surface area contributed by atoms with E-state index in [-0.39, 0.29) is 24.4 Å². The number of aromatic nitrogens is 5. The quantitative estimate of drug-likeness (QED) is 0.587. The third-order valence-corrected chi connectivity index (χ3v) is 4.15. The Labute approximate surface area is 154 Å². The first-order chi connectivity index (χ1) is 13.2. The number of hydrogen-bond donors (Lipinski definition) is 1. The molecule has 0 spiro atoms. The predicted octanol–water partition coefficient (Wildman–Crippen LogP) is 2.01. The zero-order valence-corrected chi connectivity index (χ0v) is 14.3. The Balaban J connectivity index is 1.40. The Hall–Kier alpha value is -3.81. The Morgan fingerprint density at radius 3 is 2.63 bits per heavy atom. The van der Waals surface area contributed by atoms with Crippen molar-refractivity contribution in [3.8, 4) is 5.69 Å². The zero-order chi connectivity index (χ0) is 18.6. The van der Waals surface area contributed by atoms with Crippen molar-refractivity contribution < 1.29 is 4.79 Å². The third kappa shape index (κ3) is 3.59. The van der Waals surface area contributed by atoms with Crippen molar-refractivity contribution in [2.45, 2.75) is 13.0 Å². The molecule has 0 aliphatic heterocycles. The Kier molecular flexibility index (Phi) is 4.44. The molecule has 4 aromatic rings. The second-order valence-electron chi connectivity index (χ2n) is 5.95. The van der Waals surface area contributed by atoms with E-state index in [0.29, 0.717) is 16.6 Å². The van der Waals surface area contributed by atoms with E-state index in [0.717, 1.165) is 5.69 Å². The molecule has 0 aliphatic carbocycles. The first kappa shape index (κ1) is 16.6. The monoisotopic (exact) mass is 360 g/mol. The smallest absolute Gasteiger partial charge is 0.261 e. The number of rotatable bonds is 5. The molecule has 0 bridgehead atoms. The number of carbonyl (C=O) groups excluding carboxylic acids is 1. The van der Waals surface area contributed by atoms with Crippen LogP contribution in [0, 0.1) is 0 Å². The van der Waals surface area contributed by atoms with E-state index in [9.17, 15) is 9.59 Å². The van der Waals surface area contributed by atoms with Gasteiger partial charge in [0.2, 0.25) is 5.91 Å². The summed E-state index contributed by atoms with van der Waals surface area (Å²) in [4.78, 5) is 32.8. The van der Waals surface area contributed by atoms with Gasteiger partial charge in [0, 0.05) is 18.7 Å². The van der Waals surface area contributed by atoms with Crippen LogP contribution in [0.2, 0.25) is 0 Å². The van der Waals surface area contributed by atoms with Gasteiger partial charge in [-0.15, -0.1) is 0 Å². The van der Waals surface area contributed by atoms with Crippen molar-refractivity contribution in [3.05, 3.63) is 77.9 Å². The maximum atomic E-state index is 12.4. The van der Waals surface area contributed by atoms with Gasteiger partial charge < -0.3 is 5.32 Å². The number of anilines is 1. The molecule has 0 saturated carbocycles. The van der Waals surface area contributed by atoms with E-state index in [1.165, 1.54) is 17.2 Å². The van der Waals surface area contributed by atoms with E-state index in [1.54, 1.807) is 41.3 Å². The summed E-state index contributed by atoms with van der Waals surface area (Å²) >= 11 is 0. The largest absolute Gasteiger partial charge is 0.326 e. The van der Waals surface area contributed by atoms with Crippen LogP contribution in [-0.4, -0.2) is 30.2 Å². The lowest BCUT2D eigenvalue weighted by Crippen LogP contribution is -2.23. The van der Waals surface area contributed by atoms with E-state index in [2.05, 4.69) is 20.4 Å². The van der Waals surface area contributed by atoms with Gasteiger partial charge in [-0.1, -0.05) is 12.1 Å². The summed E-state index contributed by atoms with van der Waals surface area (Å²) in [5.74, 6) is -0.177. The number of aryl methyl sites for hydroxylation is 1. The van der Waals surface area contributed by atoms with Crippen molar-refractivity contribution in [2.24, 2.45) is 0 Å². The zero-order valence-electron chi connectivity index (χ0n) is 14.3. The Morgan fingerprint density at radius 2 is 1.85 bits per heavy atom. The van der Waals surface area contributed by atoms with Crippen molar-refractivity contribution in [1.29, 1.82) is 0 Å². The second kappa shape index (κ2) is 7.20. The van der Waals surface area contributed by atoms with Crippen LogP contribution >= 0.6 is 0 Å². The molecule has 0 saturated heterocycles. The minimum Gasteiger partial charge on any atom is -0.326 e. The highest BCUT2D eigenvalue weighted by Gasteiger charge is 2.07. The van der Waals surface area contributed by atoms with E-state index in [4.69, 9.17) is 0 Å². The molecule has 2 aromatic heterocycles. The normalized spacial score (nSPS) is 10.8. The highest BCUT2D eigenvalue weighted by molar-refractivity contribution is 5.90. The molecule has 0 unspecified atom stereocenters. The van der Waals surface area contributed by atoms with Crippen molar-refractivity contribution in [3.63, 3.8) is 0 Å². The molecule has 134 valence electrons. The molecule has 4 rings (SSSR count). The first-order valence-corrected chi connectivity index (χ1v) is 8.40. The molecule has 1 N–H and O–H groups in total. The summed E-state index contributed by atoms with van der Waals surface area (Å²) in [7, 11) is 0. The summed E-state index contributed by atoms with van der Waals surface area (Å²) in [5.41, 5.74) is 2.02. The minimum absolute atomic E-state index is 0.148. The average Bonchev–Trinajstić information content (AvgIpc) is 3.23. The van der Waals surface area contributed by atoms with Gasteiger partial charge in [0.25, 0.3) is 5.56 Å². The number of para-hydroxylation sites is 1. The number of nitrogens with one attached hydrogen (secondary N) is 1. The Morgan fingerprint density at radius 1 is 1.04 bits per heavy atom. The summed E-state index contributed by atoms with van der Waals surface area (Å²) < 4.78 is 3.08. The minimum atomic E-state index is -0.177.